The van der Waals surface area contributed by atoms with Crippen molar-refractivity contribution < 1.29 is 18.7 Å². The Balaban J connectivity index is 1.36. The number of aromatic nitrogens is 5. The van der Waals surface area contributed by atoms with Crippen LogP contribution in [0.5, 0.6) is 0 Å². The molecular formula is C32H35FN6O3. The topological polar surface area (TPSA) is 95.1 Å². The Morgan fingerprint density at radius 1 is 1.07 bits per heavy atom. The maximum absolute atomic E-state index is 16.0. The molecule has 1 saturated carbocycles. The van der Waals surface area contributed by atoms with Crippen LogP contribution in [-0.2, 0) is 11.8 Å². The zero-order chi connectivity index (χ0) is 29.4. The Morgan fingerprint density at radius 3 is 2.67 bits per heavy atom. The molecule has 9 nitrogen and oxygen atoms in total. The Morgan fingerprint density at radius 2 is 1.90 bits per heavy atom. The number of halogens is 1. The molecule has 1 aliphatic carbocycles. The number of nitrogens with zero attached hydrogens (tertiary/aromatic N) is 6. The summed E-state index contributed by atoms with van der Waals surface area (Å²) in [6, 6.07) is 12.5. The molecule has 2 aliphatic rings. The van der Waals surface area contributed by atoms with E-state index in [4.69, 9.17) is 4.74 Å². The molecule has 6 rings (SSSR count). The molecule has 10 heteroatoms. The third-order valence-electron chi connectivity index (χ3n) is 8.43. The van der Waals surface area contributed by atoms with Crippen molar-refractivity contribution in [1.82, 2.24) is 29.7 Å². The monoisotopic (exact) mass is 570 g/mol. The molecule has 1 aliphatic heterocycles. The van der Waals surface area contributed by atoms with Crippen molar-refractivity contribution in [3.05, 3.63) is 83.2 Å². The minimum atomic E-state index is -0.530. The maximum Gasteiger partial charge on any atom is 0.341 e. The number of aryl methyl sites for hydroxylation is 1. The minimum absolute atomic E-state index is 0.000928. The number of hydrogen-bond donors (Lipinski definition) is 0. The van der Waals surface area contributed by atoms with Crippen LogP contribution in [0.4, 0.5) is 4.39 Å². The van der Waals surface area contributed by atoms with Gasteiger partial charge in [0.25, 0.3) is 5.91 Å². The largest absolute Gasteiger partial charge is 0.462 e. The molecule has 0 bridgehead atoms. The van der Waals surface area contributed by atoms with E-state index in [9.17, 15) is 9.59 Å². The quantitative estimate of drug-likeness (QED) is 0.254. The van der Waals surface area contributed by atoms with Gasteiger partial charge >= 0.3 is 5.97 Å². The van der Waals surface area contributed by atoms with Gasteiger partial charge in [0, 0.05) is 43.2 Å². The highest BCUT2D eigenvalue weighted by Gasteiger charge is 2.46. The van der Waals surface area contributed by atoms with E-state index in [2.05, 4.69) is 22.3 Å². The van der Waals surface area contributed by atoms with Gasteiger partial charge in [-0.15, -0.1) is 5.10 Å². The molecule has 0 spiro atoms. The van der Waals surface area contributed by atoms with Crippen LogP contribution in [-0.4, -0.2) is 60.7 Å². The summed E-state index contributed by atoms with van der Waals surface area (Å²) in [7, 11) is 1.82. The van der Waals surface area contributed by atoms with Gasteiger partial charge in [0.15, 0.2) is 0 Å². The maximum atomic E-state index is 16.0. The van der Waals surface area contributed by atoms with E-state index in [1.54, 1.807) is 34.5 Å². The fraction of sp³-hybridized carbons (Fsp3) is 0.406. The smallest absolute Gasteiger partial charge is 0.341 e. The van der Waals surface area contributed by atoms with E-state index in [1.165, 1.54) is 6.20 Å². The molecule has 3 atom stereocenters. The lowest BCUT2D eigenvalue weighted by atomic mass is 9.97. The van der Waals surface area contributed by atoms with Crippen LogP contribution in [0.3, 0.4) is 0 Å². The van der Waals surface area contributed by atoms with E-state index in [-0.39, 0.29) is 36.0 Å². The molecule has 2 aromatic carbocycles. The van der Waals surface area contributed by atoms with Crippen LogP contribution in [0.25, 0.3) is 16.8 Å². The lowest BCUT2D eigenvalue weighted by Gasteiger charge is -2.35. The van der Waals surface area contributed by atoms with Crippen molar-refractivity contribution in [1.29, 1.82) is 0 Å². The van der Waals surface area contributed by atoms with Crippen molar-refractivity contribution in [2.24, 2.45) is 7.05 Å². The second-order valence-corrected chi connectivity index (χ2v) is 11.1. The number of carbonyl (C=O) groups is 2. The van der Waals surface area contributed by atoms with Gasteiger partial charge in [0.2, 0.25) is 0 Å². The average Bonchev–Trinajstić information content (AvgIpc) is 3.45. The Bertz CT molecular complexity index is 1630. The van der Waals surface area contributed by atoms with Gasteiger partial charge in [-0.1, -0.05) is 36.4 Å². The average molecular weight is 571 g/mol. The number of carbonyl (C=O) groups excluding carboxylic acids is 2. The Labute approximate surface area is 244 Å². The summed E-state index contributed by atoms with van der Waals surface area (Å²) in [5.41, 5.74) is 3.74. The van der Waals surface area contributed by atoms with Crippen LogP contribution in [0.15, 0.2) is 54.9 Å². The first-order chi connectivity index (χ1) is 20.4. The Hall–Kier alpha value is -4.34. The number of likely N-dealkylation sites (tertiary alicyclic amines) is 1. The zero-order valence-corrected chi connectivity index (χ0v) is 24.2. The second-order valence-electron chi connectivity index (χ2n) is 11.1. The standard InChI is InChI=1S/C32H35FN6O3/c1-4-21-11-6-7-15-38(21)31(40)24-14-9-13-23(29(24)33)20-10-8-12-22(16-20)39-30(27(18-34-39)32(41)42-5-2)26-17-25(26)28-19-37(3)36-35-28/h8-10,12-14,16,18-19,21,25-26H,4-7,11,15,17H2,1-3H3/t21?,25-,26?/m1/s1. The molecule has 1 saturated heterocycles. The zero-order valence-electron chi connectivity index (χ0n) is 24.2. The minimum Gasteiger partial charge on any atom is -0.462 e. The fourth-order valence-electron chi connectivity index (χ4n) is 6.22. The molecule has 2 unspecified atom stereocenters. The summed E-state index contributed by atoms with van der Waals surface area (Å²) in [6.07, 6.45) is 8.05. The number of ether oxygens (including phenoxy) is 1. The molecule has 218 valence electrons. The van der Waals surface area contributed by atoms with Crippen molar-refractivity contribution in [3.63, 3.8) is 0 Å². The third kappa shape index (κ3) is 5.10. The predicted molar refractivity (Wildman–Crippen MR) is 155 cm³/mol. The van der Waals surface area contributed by atoms with Crippen LogP contribution in [0.2, 0.25) is 0 Å². The van der Waals surface area contributed by atoms with Gasteiger partial charge in [0.1, 0.15) is 11.4 Å². The van der Waals surface area contributed by atoms with E-state index >= 15 is 4.39 Å². The van der Waals surface area contributed by atoms with Gasteiger partial charge in [-0.25, -0.2) is 13.9 Å². The summed E-state index contributed by atoms with van der Waals surface area (Å²) in [5.74, 6) is -1.11. The number of benzene rings is 2. The first kappa shape index (κ1) is 27.8. The predicted octanol–water partition coefficient (Wildman–Crippen LogP) is 5.66. The van der Waals surface area contributed by atoms with Gasteiger partial charge in [-0.2, -0.15) is 5.10 Å². The molecule has 42 heavy (non-hydrogen) atoms. The molecular weight excluding hydrogens is 535 g/mol. The molecule has 2 aromatic heterocycles. The summed E-state index contributed by atoms with van der Waals surface area (Å²) >= 11 is 0. The van der Waals surface area contributed by atoms with Crippen LogP contribution in [0, 0.1) is 5.82 Å². The van der Waals surface area contributed by atoms with Crippen LogP contribution < -0.4 is 0 Å². The van der Waals surface area contributed by atoms with Gasteiger partial charge in [0.05, 0.1) is 35.4 Å². The summed E-state index contributed by atoms with van der Waals surface area (Å²) < 4.78 is 24.8. The highest BCUT2D eigenvalue weighted by molar-refractivity contribution is 5.96. The Kier molecular flexibility index (Phi) is 7.62. The van der Waals surface area contributed by atoms with E-state index in [0.717, 1.165) is 43.5 Å². The van der Waals surface area contributed by atoms with E-state index in [1.807, 2.05) is 42.4 Å². The molecule has 4 aromatic rings. The van der Waals surface area contributed by atoms with Crippen molar-refractivity contribution in [2.75, 3.05) is 13.2 Å². The first-order valence-corrected chi connectivity index (χ1v) is 14.7. The lowest BCUT2D eigenvalue weighted by molar-refractivity contribution is 0.0524. The number of amides is 1. The van der Waals surface area contributed by atoms with Crippen LogP contribution in [0.1, 0.15) is 89.9 Å². The van der Waals surface area contributed by atoms with E-state index < -0.39 is 11.8 Å². The second kappa shape index (κ2) is 11.5. The third-order valence-corrected chi connectivity index (χ3v) is 8.43. The normalized spacial score (nSPS) is 20.0. The van der Waals surface area contributed by atoms with Gasteiger partial charge < -0.3 is 9.64 Å². The summed E-state index contributed by atoms with van der Waals surface area (Å²) in [5, 5.41) is 12.9. The fourth-order valence-corrected chi connectivity index (χ4v) is 6.22. The number of rotatable bonds is 8. The number of hydrogen-bond acceptors (Lipinski definition) is 6. The first-order valence-electron chi connectivity index (χ1n) is 14.7. The van der Waals surface area contributed by atoms with Gasteiger partial charge in [-0.3, -0.25) is 9.48 Å². The highest BCUT2D eigenvalue weighted by Crippen LogP contribution is 2.55. The molecule has 3 heterocycles. The van der Waals surface area contributed by atoms with E-state index in [0.29, 0.717) is 28.9 Å². The summed E-state index contributed by atoms with van der Waals surface area (Å²) in [6.45, 7) is 4.74. The molecule has 0 N–H and O–H groups in total. The summed E-state index contributed by atoms with van der Waals surface area (Å²) in [4.78, 5) is 28.2. The number of esters is 1. The molecule has 1 amide bonds. The van der Waals surface area contributed by atoms with Gasteiger partial charge in [-0.05, 0) is 62.8 Å². The van der Waals surface area contributed by atoms with Crippen molar-refractivity contribution >= 4 is 11.9 Å². The molecule has 0 radical (unpaired) electrons. The molecule has 2 fully saturated rings. The van der Waals surface area contributed by atoms with Crippen LogP contribution >= 0.6 is 0 Å². The SMILES string of the molecule is CCOC(=O)c1cnn(-c2cccc(-c3cccc(C(=O)N4CCCCC4CC)c3F)c2)c1C1C[C@H]1c1cn(C)nn1. The van der Waals surface area contributed by atoms with Crippen molar-refractivity contribution in [2.45, 2.75) is 63.8 Å². The van der Waals surface area contributed by atoms with Crippen molar-refractivity contribution in [3.8, 4) is 16.8 Å². The lowest BCUT2D eigenvalue weighted by Crippen LogP contribution is -2.43. The number of piperidine rings is 1. The highest BCUT2D eigenvalue weighted by atomic mass is 19.1.